The lowest BCUT2D eigenvalue weighted by Crippen LogP contribution is -2.37. The zero-order valence-electron chi connectivity index (χ0n) is 18.4. The predicted molar refractivity (Wildman–Crippen MR) is 114 cm³/mol. The Labute approximate surface area is 178 Å². The van der Waals surface area contributed by atoms with Crippen molar-refractivity contribution >= 4 is 5.97 Å². The molecule has 0 saturated heterocycles. The number of aryl methyl sites for hydroxylation is 2. The number of rotatable bonds is 9. The molecule has 0 bridgehead atoms. The molecule has 2 aromatic rings. The van der Waals surface area contributed by atoms with Crippen molar-refractivity contribution in [2.45, 2.75) is 65.6 Å². The van der Waals surface area contributed by atoms with E-state index < -0.39 is 11.6 Å². The number of hydrogen-bond acceptors (Lipinski definition) is 5. The van der Waals surface area contributed by atoms with Gasteiger partial charge in [0.05, 0.1) is 13.2 Å². The number of hydrogen-bond donors (Lipinski definition) is 1. The second-order valence-corrected chi connectivity index (χ2v) is 8.93. The Morgan fingerprint density at radius 2 is 1.83 bits per heavy atom. The van der Waals surface area contributed by atoms with Crippen LogP contribution in [0.1, 0.15) is 56.5 Å². The summed E-state index contributed by atoms with van der Waals surface area (Å²) in [6.45, 7) is 8.77. The number of carboxylic acid groups (broad SMARTS) is 1. The lowest BCUT2D eigenvalue weighted by Gasteiger charge is -2.31. The largest absolute Gasteiger partial charge is 0.479 e. The highest BCUT2D eigenvalue weighted by molar-refractivity contribution is 5.76. The van der Waals surface area contributed by atoms with Crippen molar-refractivity contribution in [1.29, 1.82) is 0 Å². The molecular weight excluding hydrogens is 382 g/mol. The van der Waals surface area contributed by atoms with Gasteiger partial charge in [-0.2, -0.15) is 0 Å². The Kier molecular flexibility index (Phi) is 7.32. The van der Waals surface area contributed by atoms with E-state index in [1.807, 2.05) is 31.2 Å². The lowest BCUT2D eigenvalue weighted by atomic mass is 9.82. The average Bonchev–Trinajstić information content (AvgIpc) is 3.08. The quantitative estimate of drug-likeness (QED) is 0.609. The van der Waals surface area contributed by atoms with E-state index in [0.717, 1.165) is 42.7 Å². The van der Waals surface area contributed by atoms with Crippen LogP contribution in [0.3, 0.4) is 0 Å². The predicted octanol–water partition coefficient (Wildman–Crippen LogP) is 5.16. The van der Waals surface area contributed by atoms with Gasteiger partial charge in [-0.25, -0.2) is 9.78 Å². The fourth-order valence-electron chi connectivity index (χ4n) is 3.80. The van der Waals surface area contributed by atoms with Crippen LogP contribution in [0.4, 0.5) is 0 Å². The van der Waals surface area contributed by atoms with Crippen LogP contribution in [0.5, 0.6) is 0 Å². The molecule has 0 radical (unpaired) electrons. The molecule has 0 aliphatic heterocycles. The first-order valence-corrected chi connectivity index (χ1v) is 10.7. The van der Waals surface area contributed by atoms with E-state index >= 15 is 0 Å². The fourth-order valence-corrected chi connectivity index (χ4v) is 3.80. The first-order chi connectivity index (χ1) is 14.2. The van der Waals surface area contributed by atoms with Crippen LogP contribution in [-0.4, -0.2) is 34.9 Å². The number of nitrogens with zero attached hydrogens (tertiary/aromatic N) is 1. The van der Waals surface area contributed by atoms with E-state index in [9.17, 15) is 9.90 Å². The molecule has 0 spiro atoms. The smallest absolute Gasteiger partial charge is 0.335 e. The van der Waals surface area contributed by atoms with Crippen LogP contribution in [0.2, 0.25) is 0 Å². The number of aromatic nitrogens is 1. The molecule has 3 rings (SSSR count). The maximum atomic E-state index is 11.2. The molecule has 6 nitrogen and oxygen atoms in total. The minimum absolute atomic E-state index is 0.382. The highest BCUT2D eigenvalue weighted by Crippen LogP contribution is 2.31. The van der Waals surface area contributed by atoms with E-state index in [1.54, 1.807) is 13.8 Å². The van der Waals surface area contributed by atoms with E-state index in [1.165, 1.54) is 5.56 Å². The molecule has 1 saturated carbocycles. The number of oxazole rings is 1. The lowest BCUT2D eigenvalue weighted by molar-refractivity contribution is -0.163. The summed E-state index contributed by atoms with van der Waals surface area (Å²) in [6, 6.07) is 8.12. The maximum Gasteiger partial charge on any atom is 0.335 e. The van der Waals surface area contributed by atoms with Gasteiger partial charge in [-0.05, 0) is 70.9 Å². The van der Waals surface area contributed by atoms with Gasteiger partial charge in [0.15, 0.2) is 5.60 Å². The van der Waals surface area contributed by atoms with Crippen LogP contribution in [0, 0.1) is 25.7 Å². The summed E-state index contributed by atoms with van der Waals surface area (Å²) in [5.74, 6) is 1.33. The number of ether oxygens (including phenoxy) is 2. The number of benzene rings is 1. The summed E-state index contributed by atoms with van der Waals surface area (Å²) in [6.07, 6.45) is 4.33. The van der Waals surface area contributed by atoms with Gasteiger partial charge in [0.2, 0.25) is 5.89 Å². The summed E-state index contributed by atoms with van der Waals surface area (Å²) >= 11 is 0. The van der Waals surface area contributed by atoms with Gasteiger partial charge in [-0.3, -0.25) is 0 Å². The summed E-state index contributed by atoms with van der Waals surface area (Å²) in [5.41, 5.74) is 1.87. The Balaban J connectivity index is 1.47. The topological polar surface area (TPSA) is 81.8 Å². The Hall–Kier alpha value is -2.18. The highest BCUT2D eigenvalue weighted by Gasteiger charge is 2.30. The second-order valence-electron chi connectivity index (χ2n) is 8.93. The molecule has 6 heteroatoms. The third-order valence-corrected chi connectivity index (χ3v) is 5.87. The molecule has 1 aromatic carbocycles. The third kappa shape index (κ3) is 5.92. The Morgan fingerprint density at radius 3 is 2.50 bits per heavy atom. The standard InChI is InChI=1S/C24H33NO5/c1-16-8-10-20(11-9-16)22-25-21(17(2)30-22)15-28-13-18-6-5-7-19(12-18)14-29-24(3,4)23(26)27/h8-11,18-19H,5-7,12-15H2,1-4H3,(H,26,27)/t18-,19+/m0/s1. The van der Waals surface area contributed by atoms with Gasteiger partial charge in [0.25, 0.3) is 0 Å². The number of aliphatic carboxylic acids is 1. The third-order valence-electron chi connectivity index (χ3n) is 5.87. The van der Waals surface area contributed by atoms with E-state index in [4.69, 9.17) is 13.9 Å². The molecular formula is C24H33NO5. The summed E-state index contributed by atoms with van der Waals surface area (Å²) in [7, 11) is 0. The normalized spacial score (nSPS) is 19.7. The van der Waals surface area contributed by atoms with Crippen molar-refractivity contribution in [3.63, 3.8) is 0 Å². The van der Waals surface area contributed by atoms with Gasteiger partial charge in [-0.1, -0.05) is 24.1 Å². The molecule has 1 aliphatic carbocycles. The van der Waals surface area contributed by atoms with Crippen LogP contribution in [0.15, 0.2) is 28.7 Å². The molecule has 0 amide bonds. The second kappa shape index (κ2) is 9.75. The van der Waals surface area contributed by atoms with Crippen molar-refractivity contribution in [1.82, 2.24) is 4.98 Å². The van der Waals surface area contributed by atoms with Gasteiger partial charge >= 0.3 is 5.97 Å². The molecule has 1 N–H and O–H groups in total. The van der Waals surface area contributed by atoms with Crippen molar-refractivity contribution in [3.8, 4) is 11.5 Å². The minimum Gasteiger partial charge on any atom is -0.479 e. The van der Waals surface area contributed by atoms with Crippen LogP contribution in [0.25, 0.3) is 11.5 Å². The zero-order valence-corrected chi connectivity index (χ0v) is 18.4. The highest BCUT2D eigenvalue weighted by atomic mass is 16.5. The van der Waals surface area contributed by atoms with E-state index in [2.05, 4.69) is 11.9 Å². The van der Waals surface area contributed by atoms with Gasteiger partial charge < -0.3 is 19.0 Å². The van der Waals surface area contributed by atoms with Crippen LogP contribution >= 0.6 is 0 Å². The first kappa shape index (κ1) is 22.5. The molecule has 1 heterocycles. The summed E-state index contributed by atoms with van der Waals surface area (Å²) in [5, 5.41) is 9.20. The first-order valence-electron chi connectivity index (χ1n) is 10.7. The van der Waals surface area contributed by atoms with Gasteiger partial charge in [-0.15, -0.1) is 0 Å². The van der Waals surface area contributed by atoms with Crippen LogP contribution in [-0.2, 0) is 20.9 Å². The van der Waals surface area contributed by atoms with Crippen molar-refractivity contribution in [3.05, 3.63) is 41.3 Å². The molecule has 30 heavy (non-hydrogen) atoms. The number of carboxylic acids is 1. The average molecular weight is 416 g/mol. The van der Waals surface area contributed by atoms with Crippen molar-refractivity contribution in [2.24, 2.45) is 11.8 Å². The SMILES string of the molecule is Cc1ccc(-c2nc(COC[C@H]3CCC[C@@H](COC(C)(C)C(=O)O)C3)c(C)o2)cc1. The molecule has 2 atom stereocenters. The van der Waals surface area contributed by atoms with Crippen molar-refractivity contribution < 1.29 is 23.8 Å². The molecule has 1 fully saturated rings. The molecule has 1 aliphatic rings. The summed E-state index contributed by atoms with van der Waals surface area (Å²) in [4.78, 5) is 15.8. The van der Waals surface area contributed by atoms with E-state index in [0.29, 0.717) is 37.5 Å². The van der Waals surface area contributed by atoms with Gasteiger partial charge in [0.1, 0.15) is 11.5 Å². The van der Waals surface area contributed by atoms with E-state index in [-0.39, 0.29) is 0 Å². The molecule has 0 unspecified atom stereocenters. The zero-order chi connectivity index (χ0) is 21.7. The number of carbonyl (C=O) groups is 1. The van der Waals surface area contributed by atoms with Crippen molar-refractivity contribution in [2.75, 3.05) is 13.2 Å². The Morgan fingerprint density at radius 1 is 1.17 bits per heavy atom. The Bertz CT molecular complexity index is 840. The van der Waals surface area contributed by atoms with Gasteiger partial charge in [0, 0.05) is 12.2 Å². The summed E-state index contributed by atoms with van der Waals surface area (Å²) < 4.78 is 17.5. The maximum absolute atomic E-state index is 11.2. The monoisotopic (exact) mass is 415 g/mol. The molecule has 164 valence electrons. The molecule has 1 aromatic heterocycles. The fraction of sp³-hybridized carbons (Fsp3) is 0.583. The van der Waals surface area contributed by atoms with Crippen LogP contribution < -0.4 is 0 Å². The minimum atomic E-state index is -1.14.